The summed E-state index contributed by atoms with van der Waals surface area (Å²) >= 11 is 0. The molecule has 0 aromatic heterocycles. The molecule has 0 aromatic carbocycles. The summed E-state index contributed by atoms with van der Waals surface area (Å²) in [5.74, 6) is 2.11. The molecular weight excluding hydrogens is 158 g/mol. The fraction of sp³-hybridized carbons (Fsp3) is 1.00. The van der Waals surface area contributed by atoms with Crippen LogP contribution < -0.4 is 5.32 Å². The largest absolute Gasteiger partial charge is 0.311 e. The average Bonchev–Trinajstić information content (AvgIpc) is 2.33. The summed E-state index contributed by atoms with van der Waals surface area (Å²) in [5.41, 5.74) is 0. The number of nitrogens with one attached hydrogen (secondary N) is 1. The molecule has 0 radical (unpaired) electrons. The molecule has 3 saturated carbocycles. The van der Waals surface area contributed by atoms with Gasteiger partial charge in [0.1, 0.15) is 0 Å². The molecule has 3 aliphatic rings. The van der Waals surface area contributed by atoms with Crippen molar-refractivity contribution in [2.75, 3.05) is 0 Å². The minimum absolute atomic E-state index is 0.909. The third-order valence-electron chi connectivity index (χ3n) is 4.61. The van der Waals surface area contributed by atoms with E-state index in [1.54, 1.807) is 0 Å². The van der Waals surface area contributed by atoms with Crippen molar-refractivity contribution in [1.82, 2.24) is 5.32 Å². The Kier molecular flexibility index (Phi) is 2.08. The van der Waals surface area contributed by atoms with Gasteiger partial charge in [0.25, 0.3) is 0 Å². The second-order valence-corrected chi connectivity index (χ2v) is 5.35. The molecule has 0 saturated heterocycles. The van der Waals surface area contributed by atoms with Crippen molar-refractivity contribution < 1.29 is 0 Å². The Balaban J connectivity index is 1.62. The Morgan fingerprint density at radius 1 is 0.692 bits per heavy atom. The maximum atomic E-state index is 3.92. The second kappa shape index (κ2) is 3.27. The van der Waals surface area contributed by atoms with Gasteiger partial charge in [-0.05, 0) is 50.4 Å². The Morgan fingerprint density at radius 3 is 1.85 bits per heavy atom. The van der Waals surface area contributed by atoms with E-state index in [1.165, 1.54) is 51.4 Å². The molecule has 0 spiro atoms. The standard InChI is InChI=1S/C12H21N/c1-3-9-7-8-10(4-1)12(9)13-11-5-2-6-11/h9-13H,1-8H2. The lowest BCUT2D eigenvalue weighted by atomic mass is 9.82. The lowest BCUT2D eigenvalue weighted by Crippen LogP contribution is -2.48. The van der Waals surface area contributed by atoms with Crippen molar-refractivity contribution >= 4 is 0 Å². The molecule has 1 N–H and O–H groups in total. The molecule has 13 heavy (non-hydrogen) atoms. The molecule has 1 heteroatoms. The highest BCUT2D eigenvalue weighted by atomic mass is 15.0. The summed E-state index contributed by atoms with van der Waals surface area (Å²) < 4.78 is 0. The number of hydrogen-bond acceptors (Lipinski definition) is 1. The molecule has 3 fully saturated rings. The van der Waals surface area contributed by atoms with Crippen molar-refractivity contribution in [3.8, 4) is 0 Å². The zero-order valence-electron chi connectivity index (χ0n) is 8.47. The van der Waals surface area contributed by atoms with Crippen LogP contribution in [0.25, 0.3) is 0 Å². The van der Waals surface area contributed by atoms with E-state index >= 15 is 0 Å². The van der Waals surface area contributed by atoms with Gasteiger partial charge in [0.05, 0.1) is 0 Å². The van der Waals surface area contributed by atoms with E-state index in [0.717, 1.165) is 23.9 Å². The van der Waals surface area contributed by atoms with Crippen LogP contribution in [0, 0.1) is 11.8 Å². The van der Waals surface area contributed by atoms with Gasteiger partial charge < -0.3 is 5.32 Å². The van der Waals surface area contributed by atoms with E-state index in [9.17, 15) is 0 Å². The predicted octanol–water partition coefficient (Wildman–Crippen LogP) is 2.71. The van der Waals surface area contributed by atoms with Crippen LogP contribution in [0.1, 0.15) is 51.4 Å². The van der Waals surface area contributed by atoms with E-state index in [1.807, 2.05) is 0 Å². The number of fused-ring (bicyclic) bond motifs is 2. The molecule has 0 heterocycles. The Morgan fingerprint density at radius 2 is 1.31 bits per heavy atom. The Labute approximate surface area is 81.3 Å². The summed E-state index contributed by atoms with van der Waals surface area (Å²) in [5, 5.41) is 3.92. The van der Waals surface area contributed by atoms with Crippen LogP contribution >= 0.6 is 0 Å². The van der Waals surface area contributed by atoms with Gasteiger partial charge in [-0.1, -0.05) is 12.8 Å². The van der Waals surface area contributed by atoms with Gasteiger partial charge in [0.15, 0.2) is 0 Å². The summed E-state index contributed by atoms with van der Waals surface area (Å²) in [6.07, 6.45) is 12.0. The molecule has 2 bridgehead atoms. The Hall–Kier alpha value is -0.0400. The van der Waals surface area contributed by atoms with E-state index in [4.69, 9.17) is 0 Å². The number of rotatable bonds is 2. The van der Waals surface area contributed by atoms with Gasteiger partial charge in [-0.3, -0.25) is 0 Å². The van der Waals surface area contributed by atoms with Gasteiger partial charge in [0.2, 0.25) is 0 Å². The van der Waals surface area contributed by atoms with Crippen molar-refractivity contribution in [2.45, 2.75) is 63.5 Å². The third-order valence-corrected chi connectivity index (χ3v) is 4.61. The molecule has 0 amide bonds. The van der Waals surface area contributed by atoms with Crippen LogP contribution in [0.3, 0.4) is 0 Å². The van der Waals surface area contributed by atoms with Gasteiger partial charge in [-0.2, -0.15) is 0 Å². The van der Waals surface area contributed by atoms with Crippen LogP contribution in [0.5, 0.6) is 0 Å². The summed E-state index contributed by atoms with van der Waals surface area (Å²) in [6, 6.07) is 1.84. The van der Waals surface area contributed by atoms with Gasteiger partial charge >= 0.3 is 0 Å². The maximum absolute atomic E-state index is 3.92. The molecule has 2 atom stereocenters. The van der Waals surface area contributed by atoms with Crippen LogP contribution in [0.4, 0.5) is 0 Å². The van der Waals surface area contributed by atoms with Crippen LogP contribution in [-0.2, 0) is 0 Å². The average molecular weight is 179 g/mol. The SMILES string of the molecule is C1CC(NC2C3CCCC2CC3)C1. The molecule has 2 unspecified atom stereocenters. The lowest BCUT2D eigenvalue weighted by molar-refractivity contribution is 0.200. The molecule has 3 aliphatic carbocycles. The van der Waals surface area contributed by atoms with E-state index in [-0.39, 0.29) is 0 Å². The van der Waals surface area contributed by atoms with Crippen LogP contribution in [0.15, 0.2) is 0 Å². The number of hydrogen-bond donors (Lipinski definition) is 1. The highest BCUT2D eigenvalue weighted by Crippen LogP contribution is 2.43. The molecule has 0 aromatic rings. The van der Waals surface area contributed by atoms with Crippen LogP contribution in [0.2, 0.25) is 0 Å². The van der Waals surface area contributed by atoms with Crippen LogP contribution in [-0.4, -0.2) is 12.1 Å². The predicted molar refractivity (Wildman–Crippen MR) is 54.6 cm³/mol. The normalized spacial score (nSPS) is 44.8. The zero-order valence-corrected chi connectivity index (χ0v) is 8.47. The first-order chi connectivity index (χ1) is 6.43. The highest BCUT2D eigenvalue weighted by molar-refractivity contribution is 4.96. The first-order valence-electron chi connectivity index (χ1n) is 6.19. The van der Waals surface area contributed by atoms with E-state index in [2.05, 4.69) is 5.32 Å². The smallest absolute Gasteiger partial charge is 0.0126 e. The maximum Gasteiger partial charge on any atom is 0.0126 e. The molecule has 74 valence electrons. The van der Waals surface area contributed by atoms with Crippen molar-refractivity contribution in [3.63, 3.8) is 0 Å². The van der Waals surface area contributed by atoms with E-state index < -0.39 is 0 Å². The fourth-order valence-corrected chi connectivity index (χ4v) is 3.58. The van der Waals surface area contributed by atoms with Gasteiger partial charge in [-0.15, -0.1) is 0 Å². The molecule has 3 rings (SSSR count). The first-order valence-corrected chi connectivity index (χ1v) is 6.19. The molecular formula is C12H21N. The van der Waals surface area contributed by atoms with E-state index in [0.29, 0.717) is 0 Å². The van der Waals surface area contributed by atoms with Gasteiger partial charge in [-0.25, -0.2) is 0 Å². The van der Waals surface area contributed by atoms with Crippen molar-refractivity contribution in [2.24, 2.45) is 11.8 Å². The second-order valence-electron chi connectivity index (χ2n) is 5.35. The third kappa shape index (κ3) is 1.41. The Bertz CT molecular complexity index is 170. The van der Waals surface area contributed by atoms with Crippen molar-refractivity contribution in [1.29, 1.82) is 0 Å². The summed E-state index contributed by atoms with van der Waals surface area (Å²) in [7, 11) is 0. The molecule has 1 nitrogen and oxygen atoms in total. The van der Waals surface area contributed by atoms with Gasteiger partial charge in [0, 0.05) is 12.1 Å². The summed E-state index contributed by atoms with van der Waals surface area (Å²) in [6.45, 7) is 0. The van der Waals surface area contributed by atoms with Crippen molar-refractivity contribution in [3.05, 3.63) is 0 Å². The zero-order chi connectivity index (χ0) is 8.67. The lowest BCUT2D eigenvalue weighted by Gasteiger charge is -2.37. The first kappa shape index (κ1) is 8.28. The topological polar surface area (TPSA) is 12.0 Å². The monoisotopic (exact) mass is 179 g/mol. The fourth-order valence-electron chi connectivity index (χ4n) is 3.58. The molecule has 0 aliphatic heterocycles. The minimum Gasteiger partial charge on any atom is -0.311 e. The quantitative estimate of drug-likeness (QED) is 0.687. The highest BCUT2D eigenvalue weighted by Gasteiger charge is 2.39. The minimum atomic E-state index is 0.909. The summed E-state index contributed by atoms with van der Waals surface area (Å²) in [4.78, 5) is 0.